The lowest BCUT2D eigenvalue weighted by Gasteiger charge is -2.35. The first-order valence-corrected chi connectivity index (χ1v) is 14.2. The summed E-state index contributed by atoms with van der Waals surface area (Å²) in [6, 6.07) is 12.1. The number of aliphatic hydroxyl groups excluding tert-OH is 1. The van der Waals surface area contributed by atoms with Crippen LogP contribution in [0.1, 0.15) is 35.7 Å². The van der Waals surface area contributed by atoms with E-state index in [-0.39, 0.29) is 74.5 Å². The number of halogens is 3. The maximum atomic E-state index is 13.7. The molecule has 0 spiro atoms. The summed E-state index contributed by atoms with van der Waals surface area (Å²) in [4.78, 5) is 29.2. The predicted molar refractivity (Wildman–Crippen MR) is 145 cm³/mol. The largest absolute Gasteiger partial charge is 0.471 e. The lowest BCUT2D eigenvalue weighted by molar-refractivity contribution is -0.126. The number of ether oxygens (including phenoxy) is 1. The van der Waals surface area contributed by atoms with Crippen molar-refractivity contribution in [1.82, 2.24) is 4.98 Å². The molecule has 0 saturated carbocycles. The minimum absolute atomic E-state index is 0.00605. The minimum atomic E-state index is -4.13. The summed E-state index contributed by atoms with van der Waals surface area (Å²) in [6.07, 6.45) is -0.412. The molecule has 3 aromatic rings. The Labute approximate surface area is 235 Å². The van der Waals surface area contributed by atoms with E-state index in [1.54, 1.807) is 24.3 Å². The Morgan fingerprint density at radius 3 is 2.47 bits per heavy atom. The topological polar surface area (TPSA) is 114 Å². The number of aromatic nitrogens is 1. The highest BCUT2D eigenvalue weighted by atomic mass is 35.5. The number of Topliss-reactive ketones (excluding diaryl/α,β-unsaturated/α-hetero) is 2. The Morgan fingerprint density at radius 2 is 1.82 bits per heavy atom. The second kappa shape index (κ2) is 11.6. The number of pyridine rings is 1. The van der Waals surface area contributed by atoms with Crippen LogP contribution in [0.25, 0.3) is 0 Å². The van der Waals surface area contributed by atoms with Crippen molar-refractivity contribution in [3.63, 3.8) is 0 Å². The third kappa shape index (κ3) is 6.13. The predicted octanol–water partition coefficient (Wildman–Crippen LogP) is 5.15. The summed E-state index contributed by atoms with van der Waals surface area (Å²) in [7, 11) is -4.13. The molecule has 12 heteroatoms. The number of sulfonamides is 1. The zero-order chi connectivity index (χ0) is 27.6. The number of ketones is 2. The van der Waals surface area contributed by atoms with Gasteiger partial charge in [-0.15, -0.1) is 0 Å². The van der Waals surface area contributed by atoms with Crippen molar-refractivity contribution >= 4 is 62.1 Å². The van der Waals surface area contributed by atoms with Crippen molar-refractivity contribution < 1.29 is 27.9 Å². The average Bonchev–Trinajstić information content (AvgIpc) is 2.86. The van der Waals surface area contributed by atoms with Gasteiger partial charge in [0.15, 0.2) is 11.6 Å². The second-order valence-electron chi connectivity index (χ2n) is 8.78. The van der Waals surface area contributed by atoms with E-state index in [2.05, 4.69) is 4.98 Å². The standard InChI is InChI=1S/C26H23Cl3N2O6S/c1-15(32)23(33)9-8-18-14-31(38(35,36)19-5-2-4-17(27)12-19)22-10-16(13-30-26(22)37-18)11-24(34)25-20(28)6-3-7-21(25)29/h2-7,10,12-13,15,18,32H,8-9,11,14H2,1H3/t15-,18-/m0/s1. The number of rotatable bonds is 9. The summed E-state index contributed by atoms with van der Waals surface area (Å²) < 4.78 is 34.5. The van der Waals surface area contributed by atoms with Gasteiger partial charge in [0.2, 0.25) is 5.88 Å². The van der Waals surface area contributed by atoms with Crippen molar-refractivity contribution in [2.45, 2.75) is 43.3 Å². The van der Waals surface area contributed by atoms with Crippen LogP contribution in [0.4, 0.5) is 5.69 Å². The molecule has 38 heavy (non-hydrogen) atoms. The fourth-order valence-electron chi connectivity index (χ4n) is 4.01. The SMILES string of the molecule is C[C@H](O)C(=O)CC[C@H]1CN(S(=O)(=O)c2cccc(Cl)c2)c2cc(CC(=O)c3c(Cl)cccc3Cl)cnc2O1. The van der Waals surface area contributed by atoms with E-state index in [1.807, 2.05) is 0 Å². The number of aliphatic hydroxyl groups is 1. The first-order valence-electron chi connectivity index (χ1n) is 11.6. The number of carbonyl (C=O) groups excluding carboxylic acids is 2. The molecule has 1 aromatic heterocycles. The Hall–Kier alpha value is -2.69. The Balaban J connectivity index is 1.70. The monoisotopic (exact) mass is 596 g/mol. The van der Waals surface area contributed by atoms with E-state index >= 15 is 0 Å². The molecule has 1 aliphatic heterocycles. The molecule has 0 bridgehead atoms. The van der Waals surface area contributed by atoms with E-state index in [9.17, 15) is 23.1 Å². The molecule has 0 fully saturated rings. The highest BCUT2D eigenvalue weighted by molar-refractivity contribution is 7.92. The van der Waals surface area contributed by atoms with Crippen molar-refractivity contribution in [3.05, 3.63) is 80.9 Å². The molecular weight excluding hydrogens is 575 g/mol. The van der Waals surface area contributed by atoms with Crippen LogP contribution in [0, 0.1) is 0 Å². The molecule has 2 heterocycles. The third-order valence-electron chi connectivity index (χ3n) is 5.97. The van der Waals surface area contributed by atoms with Gasteiger partial charge >= 0.3 is 0 Å². The number of nitrogens with zero attached hydrogens (tertiary/aromatic N) is 2. The maximum Gasteiger partial charge on any atom is 0.264 e. The van der Waals surface area contributed by atoms with Gasteiger partial charge in [-0.2, -0.15) is 0 Å². The molecule has 1 aliphatic rings. The van der Waals surface area contributed by atoms with Gasteiger partial charge in [0.1, 0.15) is 17.9 Å². The highest BCUT2D eigenvalue weighted by Gasteiger charge is 2.36. The normalized spacial score (nSPS) is 15.9. The molecule has 0 aliphatic carbocycles. The fourth-order valence-corrected chi connectivity index (χ4v) is 6.41. The van der Waals surface area contributed by atoms with E-state index in [0.717, 1.165) is 4.31 Å². The number of carbonyl (C=O) groups is 2. The summed E-state index contributed by atoms with van der Waals surface area (Å²) >= 11 is 18.4. The molecule has 4 rings (SSSR count). The molecule has 0 radical (unpaired) electrons. The third-order valence-corrected chi connectivity index (χ3v) is 8.62. The highest BCUT2D eigenvalue weighted by Crippen LogP contribution is 2.38. The van der Waals surface area contributed by atoms with Gasteiger partial charge in [0.05, 0.1) is 27.0 Å². The van der Waals surface area contributed by atoms with Crippen molar-refractivity contribution in [1.29, 1.82) is 0 Å². The molecular formula is C26H23Cl3N2O6S. The molecule has 200 valence electrons. The quantitative estimate of drug-likeness (QED) is 0.339. The van der Waals surface area contributed by atoms with Crippen molar-refractivity contribution in [3.8, 4) is 5.88 Å². The zero-order valence-electron chi connectivity index (χ0n) is 20.1. The lowest BCUT2D eigenvalue weighted by atomic mass is 10.0. The second-order valence-corrected chi connectivity index (χ2v) is 11.9. The molecule has 2 aromatic carbocycles. The zero-order valence-corrected chi connectivity index (χ0v) is 23.2. The maximum absolute atomic E-state index is 13.7. The molecule has 8 nitrogen and oxygen atoms in total. The molecule has 2 atom stereocenters. The van der Waals surface area contributed by atoms with Crippen LogP contribution in [-0.2, 0) is 21.2 Å². The van der Waals surface area contributed by atoms with E-state index in [0.29, 0.717) is 5.56 Å². The minimum Gasteiger partial charge on any atom is -0.471 e. The number of anilines is 1. The molecule has 0 unspecified atom stereocenters. The van der Waals surface area contributed by atoms with Gasteiger partial charge < -0.3 is 9.84 Å². The summed E-state index contributed by atoms with van der Waals surface area (Å²) in [5.41, 5.74) is 0.719. The van der Waals surface area contributed by atoms with Gasteiger partial charge in [-0.05, 0) is 55.3 Å². The van der Waals surface area contributed by atoms with E-state index < -0.39 is 22.2 Å². The van der Waals surface area contributed by atoms with Crippen LogP contribution in [-0.4, -0.2) is 48.8 Å². The lowest BCUT2D eigenvalue weighted by Crippen LogP contribution is -2.44. The molecule has 1 N–H and O–H groups in total. The first-order chi connectivity index (χ1) is 18.0. The summed E-state index contributed by atoms with van der Waals surface area (Å²) in [6.45, 7) is 1.25. The van der Waals surface area contributed by atoms with Crippen LogP contribution >= 0.6 is 34.8 Å². The Bertz CT molecular complexity index is 1480. The number of hydrogen-bond donors (Lipinski definition) is 1. The Kier molecular flexibility index (Phi) is 8.64. The van der Waals surface area contributed by atoms with Gasteiger partial charge in [-0.3, -0.25) is 13.9 Å². The fraction of sp³-hybridized carbons (Fsp3) is 0.269. The van der Waals surface area contributed by atoms with E-state index in [1.165, 1.54) is 37.4 Å². The van der Waals surface area contributed by atoms with Crippen molar-refractivity contribution in [2.75, 3.05) is 10.8 Å². The summed E-state index contributed by atoms with van der Waals surface area (Å²) in [5, 5.41) is 10.2. The van der Waals surface area contributed by atoms with Gasteiger partial charge in [0.25, 0.3) is 10.0 Å². The Morgan fingerprint density at radius 1 is 1.13 bits per heavy atom. The van der Waals surface area contributed by atoms with Gasteiger partial charge in [-0.1, -0.05) is 46.9 Å². The number of benzene rings is 2. The smallest absolute Gasteiger partial charge is 0.264 e. The average molecular weight is 598 g/mol. The van der Waals surface area contributed by atoms with Gasteiger partial charge in [-0.25, -0.2) is 13.4 Å². The van der Waals surface area contributed by atoms with Crippen LogP contribution in [0.15, 0.2) is 59.6 Å². The van der Waals surface area contributed by atoms with Gasteiger partial charge in [0, 0.05) is 24.1 Å². The van der Waals surface area contributed by atoms with Crippen LogP contribution in [0.2, 0.25) is 15.1 Å². The van der Waals surface area contributed by atoms with E-state index in [4.69, 9.17) is 39.5 Å². The van der Waals surface area contributed by atoms with Crippen LogP contribution in [0.5, 0.6) is 5.88 Å². The molecule has 0 saturated heterocycles. The number of fused-ring (bicyclic) bond motifs is 1. The molecule has 0 amide bonds. The van der Waals surface area contributed by atoms with Crippen LogP contribution in [0.3, 0.4) is 0 Å². The number of hydrogen-bond acceptors (Lipinski definition) is 7. The summed E-state index contributed by atoms with van der Waals surface area (Å²) in [5.74, 6) is -0.718. The van der Waals surface area contributed by atoms with Crippen molar-refractivity contribution in [2.24, 2.45) is 0 Å². The first kappa shape index (κ1) is 28.3. The van der Waals surface area contributed by atoms with Crippen LogP contribution < -0.4 is 9.04 Å².